The highest BCUT2D eigenvalue weighted by molar-refractivity contribution is 5.88. The van der Waals surface area contributed by atoms with E-state index in [-0.39, 0.29) is 107 Å². The maximum Gasteiger partial charge on any atom is 0.309 e. The fourth-order valence-electron chi connectivity index (χ4n) is 12.1. The summed E-state index contributed by atoms with van der Waals surface area (Å²) in [5, 5.41) is 14.6. The minimum Gasteiger partial charge on any atom is -0.465 e. The van der Waals surface area contributed by atoms with Gasteiger partial charge in [0, 0.05) is 68.0 Å². The lowest BCUT2D eigenvalue weighted by Crippen LogP contribution is -2.49. The van der Waals surface area contributed by atoms with Crippen molar-refractivity contribution in [1.82, 2.24) is 21.3 Å². The molecule has 12 nitrogen and oxygen atoms in total. The van der Waals surface area contributed by atoms with Crippen LogP contribution in [0.5, 0.6) is 0 Å². The molecule has 0 aromatic carbocycles. The molecule has 0 spiro atoms. The molecule has 332 valence electrons. The molecule has 1 aliphatic carbocycles. The molecule has 0 radical (unpaired) electrons. The number of ether oxygens (including phenoxy) is 4. The molecular formula is C46H80N4O8. The van der Waals surface area contributed by atoms with E-state index in [2.05, 4.69) is 132 Å². The maximum absolute atomic E-state index is 14.3. The number of hydrogen-bond acceptors (Lipinski definition) is 12. The Bertz CT molecular complexity index is 1340. The zero-order valence-corrected chi connectivity index (χ0v) is 39.0. The summed E-state index contributed by atoms with van der Waals surface area (Å²) < 4.78 is 24.4. The van der Waals surface area contributed by atoms with Crippen LogP contribution in [0.25, 0.3) is 0 Å². The van der Waals surface area contributed by atoms with Crippen LogP contribution in [-0.2, 0) is 38.1 Å². The molecule has 0 aromatic heterocycles. The van der Waals surface area contributed by atoms with Crippen molar-refractivity contribution >= 4 is 23.9 Å². The summed E-state index contributed by atoms with van der Waals surface area (Å²) >= 11 is 0. The van der Waals surface area contributed by atoms with E-state index < -0.39 is 47.5 Å². The number of rotatable bonds is 12. The first-order valence-corrected chi connectivity index (χ1v) is 22.1. The Morgan fingerprint density at radius 2 is 0.534 bits per heavy atom. The molecule has 5 aliphatic rings. The molecule has 1 saturated carbocycles. The van der Waals surface area contributed by atoms with Crippen LogP contribution in [0.1, 0.15) is 149 Å². The zero-order valence-electron chi connectivity index (χ0n) is 39.0. The van der Waals surface area contributed by atoms with E-state index in [1.54, 1.807) is 0 Å². The summed E-state index contributed by atoms with van der Waals surface area (Å²) in [6, 6.07) is 0. The fraction of sp³-hybridized carbons (Fsp3) is 0.913. The first-order chi connectivity index (χ1) is 26.2. The molecule has 5 rings (SSSR count). The Labute approximate surface area is 349 Å². The molecule has 8 unspecified atom stereocenters. The van der Waals surface area contributed by atoms with Gasteiger partial charge in [-0.3, -0.25) is 19.2 Å². The molecule has 0 bridgehead atoms. The van der Waals surface area contributed by atoms with Crippen molar-refractivity contribution in [3.05, 3.63) is 0 Å². The van der Waals surface area contributed by atoms with Crippen LogP contribution < -0.4 is 21.3 Å². The average Bonchev–Trinajstić information content (AvgIpc) is 3.60. The Hall–Kier alpha value is -2.28. The third kappa shape index (κ3) is 10.8. The highest BCUT2D eigenvalue weighted by Crippen LogP contribution is 2.44. The normalized spacial score (nSPS) is 35.9. The van der Waals surface area contributed by atoms with Crippen molar-refractivity contribution in [2.24, 2.45) is 47.3 Å². The monoisotopic (exact) mass is 817 g/mol. The van der Waals surface area contributed by atoms with Crippen molar-refractivity contribution in [3.8, 4) is 0 Å². The van der Waals surface area contributed by atoms with E-state index in [0.29, 0.717) is 0 Å². The SMILES string of the molecule is CC1(C)CC(COC(=O)C2CC(C(=O)OCC3CC(C)(C)NC3(C)C)C(C(=O)OCC3CC(C)(C)NC3(C)C)CC2C(=O)OCC2CC(C)(C)NC2(C)C)C(C)(C)N1. The molecule has 0 amide bonds. The van der Waals surface area contributed by atoms with Gasteiger partial charge in [-0.2, -0.15) is 0 Å². The van der Waals surface area contributed by atoms with Crippen molar-refractivity contribution in [2.75, 3.05) is 26.4 Å². The third-order valence-corrected chi connectivity index (χ3v) is 14.7. The van der Waals surface area contributed by atoms with Gasteiger partial charge in [0.1, 0.15) is 0 Å². The van der Waals surface area contributed by atoms with E-state index in [1.807, 2.05) is 0 Å². The van der Waals surface area contributed by atoms with Gasteiger partial charge in [-0.1, -0.05) is 0 Å². The number of nitrogens with one attached hydrogen (secondary N) is 4. The average molecular weight is 817 g/mol. The van der Waals surface area contributed by atoms with Gasteiger partial charge in [-0.25, -0.2) is 0 Å². The molecule has 58 heavy (non-hydrogen) atoms. The van der Waals surface area contributed by atoms with E-state index in [9.17, 15) is 19.2 Å². The Kier molecular flexibility index (Phi) is 12.8. The van der Waals surface area contributed by atoms with Gasteiger partial charge in [0.2, 0.25) is 0 Å². The lowest BCUT2D eigenvalue weighted by molar-refractivity contribution is -0.177. The van der Waals surface area contributed by atoms with Crippen molar-refractivity contribution in [1.29, 1.82) is 0 Å². The molecule has 4 aliphatic heterocycles. The van der Waals surface area contributed by atoms with Crippen LogP contribution in [0.4, 0.5) is 0 Å². The second kappa shape index (κ2) is 15.9. The Morgan fingerprint density at radius 1 is 0.362 bits per heavy atom. The molecule has 5 fully saturated rings. The topological polar surface area (TPSA) is 153 Å². The maximum atomic E-state index is 14.3. The minimum atomic E-state index is -1.01. The number of hydrogen-bond donors (Lipinski definition) is 4. The molecule has 4 heterocycles. The molecule has 4 saturated heterocycles. The minimum absolute atomic E-state index is 0.0383. The van der Waals surface area contributed by atoms with Crippen LogP contribution >= 0.6 is 0 Å². The summed E-state index contributed by atoms with van der Waals surface area (Å²) in [5.74, 6) is -6.10. The number of carbonyl (C=O) groups is 4. The van der Waals surface area contributed by atoms with Gasteiger partial charge in [0.15, 0.2) is 0 Å². The predicted octanol–water partition coefficient (Wildman–Crippen LogP) is 6.08. The van der Waals surface area contributed by atoms with Crippen molar-refractivity contribution in [2.45, 2.75) is 194 Å². The predicted molar refractivity (Wildman–Crippen MR) is 225 cm³/mol. The van der Waals surface area contributed by atoms with Crippen LogP contribution in [0.3, 0.4) is 0 Å². The van der Waals surface area contributed by atoms with Gasteiger partial charge < -0.3 is 40.2 Å². The second-order valence-corrected chi connectivity index (χ2v) is 23.9. The number of esters is 4. The van der Waals surface area contributed by atoms with Gasteiger partial charge in [-0.15, -0.1) is 0 Å². The van der Waals surface area contributed by atoms with E-state index >= 15 is 0 Å². The quantitative estimate of drug-likeness (QED) is 0.133. The van der Waals surface area contributed by atoms with Crippen molar-refractivity contribution in [3.63, 3.8) is 0 Å². The molecular weight excluding hydrogens is 737 g/mol. The summed E-state index contributed by atoms with van der Waals surface area (Å²) in [4.78, 5) is 57.4. The van der Waals surface area contributed by atoms with E-state index in [1.165, 1.54) is 0 Å². The second-order valence-electron chi connectivity index (χ2n) is 23.9. The zero-order chi connectivity index (χ0) is 43.7. The standard InChI is InChI=1S/C46H80N4O8/c1-39(2)19-27(43(9,10)47-39)23-55-35(51)31-17-33(37(53)57-25-29-21-41(5,6)49-45(29,13)14)34(38(54)58-26-30-22-42(7,8)50-46(30,15)16)18-32(31)36(52)56-24-28-20-40(3,4)48-44(28,11)12/h27-34,47-50H,17-26H2,1-16H3. The fourth-order valence-corrected chi connectivity index (χ4v) is 12.1. The summed E-state index contributed by atoms with van der Waals surface area (Å²) in [5.41, 5.74) is -1.62. The highest BCUT2D eigenvalue weighted by atomic mass is 16.6. The van der Waals surface area contributed by atoms with Crippen LogP contribution in [0, 0.1) is 47.3 Å². The first kappa shape index (κ1) is 46.8. The summed E-state index contributed by atoms with van der Waals surface area (Å²) in [7, 11) is 0. The van der Waals surface area contributed by atoms with Crippen LogP contribution in [-0.4, -0.2) is 94.6 Å². The molecule has 4 N–H and O–H groups in total. The summed E-state index contributed by atoms with van der Waals surface area (Å²) in [6.45, 7) is 34.6. The van der Waals surface area contributed by atoms with E-state index in [4.69, 9.17) is 18.9 Å². The van der Waals surface area contributed by atoms with Crippen LogP contribution in [0.2, 0.25) is 0 Å². The first-order valence-electron chi connectivity index (χ1n) is 22.1. The Morgan fingerprint density at radius 3 is 0.672 bits per heavy atom. The molecule has 8 atom stereocenters. The lowest BCUT2D eigenvalue weighted by atomic mass is 9.68. The third-order valence-electron chi connectivity index (χ3n) is 14.7. The smallest absolute Gasteiger partial charge is 0.309 e. The molecule has 12 heteroatoms. The van der Waals surface area contributed by atoms with Gasteiger partial charge in [0.05, 0.1) is 50.1 Å². The number of carbonyl (C=O) groups excluding carboxylic acids is 4. The lowest BCUT2D eigenvalue weighted by Gasteiger charge is -2.38. The van der Waals surface area contributed by atoms with Gasteiger partial charge >= 0.3 is 23.9 Å². The summed E-state index contributed by atoms with van der Waals surface area (Å²) in [6.07, 6.45) is 3.06. The van der Waals surface area contributed by atoms with Gasteiger partial charge in [0.25, 0.3) is 0 Å². The molecule has 0 aromatic rings. The van der Waals surface area contributed by atoms with Crippen LogP contribution in [0.15, 0.2) is 0 Å². The van der Waals surface area contributed by atoms with Gasteiger partial charge in [-0.05, 0) is 149 Å². The van der Waals surface area contributed by atoms with Crippen molar-refractivity contribution < 1.29 is 38.1 Å². The largest absolute Gasteiger partial charge is 0.465 e. The highest BCUT2D eigenvalue weighted by Gasteiger charge is 2.54. The van der Waals surface area contributed by atoms with E-state index in [0.717, 1.165) is 25.7 Å². The Balaban J connectivity index is 1.41.